The first-order valence-corrected chi connectivity index (χ1v) is 9.01. The van der Waals surface area contributed by atoms with Gasteiger partial charge in [-0.25, -0.2) is 9.37 Å². The highest BCUT2D eigenvalue weighted by atomic mass is 19.1. The highest BCUT2D eigenvalue weighted by molar-refractivity contribution is 6.04. The summed E-state index contributed by atoms with van der Waals surface area (Å²) in [6, 6.07) is 14.7. The maximum atomic E-state index is 13.5. The summed E-state index contributed by atoms with van der Waals surface area (Å²) >= 11 is 0. The van der Waals surface area contributed by atoms with Crippen molar-refractivity contribution in [3.63, 3.8) is 0 Å². The minimum atomic E-state index is -0.567. The van der Waals surface area contributed by atoms with E-state index in [1.807, 2.05) is 25.1 Å². The molecule has 0 saturated carbocycles. The van der Waals surface area contributed by atoms with Crippen LogP contribution in [0.4, 0.5) is 10.2 Å². The Balaban J connectivity index is 1.82. The number of hydrogen-bond donors (Lipinski definition) is 1. The van der Waals surface area contributed by atoms with Crippen molar-refractivity contribution in [2.45, 2.75) is 6.92 Å². The number of methoxy groups -OCH3 is 1. The highest BCUT2D eigenvalue weighted by Gasteiger charge is 2.18. The van der Waals surface area contributed by atoms with E-state index in [0.29, 0.717) is 17.1 Å². The number of amides is 1. The monoisotopic (exact) mass is 401 g/mol. The van der Waals surface area contributed by atoms with E-state index in [1.165, 1.54) is 29.1 Å². The fourth-order valence-electron chi connectivity index (χ4n) is 3.18. The van der Waals surface area contributed by atoms with E-state index < -0.39 is 11.7 Å². The van der Waals surface area contributed by atoms with Gasteiger partial charge in [-0.15, -0.1) is 0 Å². The fraction of sp³-hybridized carbons (Fsp3) is 0.0909. The smallest absolute Gasteiger partial charge is 0.256 e. The maximum absolute atomic E-state index is 13.5. The molecular formula is C22H16FN5O2. The molecule has 1 N–H and O–H groups in total. The highest BCUT2D eigenvalue weighted by Crippen LogP contribution is 2.29. The minimum absolute atomic E-state index is 0.121. The second kappa shape index (κ2) is 7.64. The number of para-hydroxylation sites is 1. The van der Waals surface area contributed by atoms with E-state index >= 15 is 0 Å². The standard InChI is InChI=1S/C22H16FN5O2/c1-13-9-19(26-20-17(13)7-4-8-18(20)30-2)28-21(15(11-24)12-25-28)27-22(29)14-5-3-6-16(23)10-14/h3-10,12H,1-2H3,(H,27,29). The quantitative estimate of drug-likeness (QED) is 0.558. The van der Waals surface area contributed by atoms with Gasteiger partial charge in [0, 0.05) is 10.9 Å². The van der Waals surface area contributed by atoms with Crippen molar-refractivity contribution in [2.24, 2.45) is 0 Å². The molecule has 4 rings (SSSR count). The van der Waals surface area contributed by atoms with Crippen molar-refractivity contribution in [3.8, 4) is 17.6 Å². The molecule has 0 unspecified atom stereocenters. The van der Waals surface area contributed by atoms with Crippen molar-refractivity contribution >= 4 is 22.6 Å². The SMILES string of the molecule is COc1cccc2c(C)cc(-n3ncc(C#N)c3NC(=O)c3cccc(F)c3)nc12. The minimum Gasteiger partial charge on any atom is -0.494 e. The Morgan fingerprint density at radius 2 is 2.03 bits per heavy atom. The van der Waals surface area contributed by atoms with Gasteiger partial charge < -0.3 is 10.1 Å². The van der Waals surface area contributed by atoms with Gasteiger partial charge in [0.25, 0.3) is 5.91 Å². The van der Waals surface area contributed by atoms with Gasteiger partial charge in [0.05, 0.1) is 13.3 Å². The van der Waals surface area contributed by atoms with E-state index in [9.17, 15) is 14.4 Å². The number of hydrogen-bond acceptors (Lipinski definition) is 5. The first-order valence-electron chi connectivity index (χ1n) is 9.01. The topological polar surface area (TPSA) is 92.8 Å². The number of anilines is 1. The van der Waals surface area contributed by atoms with Gasteiger partial charge in [-0.3, -0.25) is 4.79 Å². The van der Waals surface area contributed by atoms with Crippen LogP contribution in [0.2, 0.25) is 0 Å². The van der Waals surface area contributed by atoms with Crippen LogP contribution >= 0.6 is 0 Å². The van der Waals surface area contributed by atoms with E-state index in [0.717, 1.165) is 17.0 Å². The molecule has 7 nitrogen and oxygen atoms in total. The number of rotatable bonds is 4. The Hall–Kier alpha value is -4.25. The molecule has 2 heterocycles. The van der Waals surface area contributed by atoms with Crippen LogP contribution in [-0.4, -0.2) is 27.8 Å². The van der Waals surface area contributed by atoms with Crippen LogP contribution in [0.5, 0.6) is 5.75 Å². The van der Waals surface area contributed by atoms with Crippen LogP contribution in [0.15, 0.2) is 54.7 Å². The maximum Gasteiger partial charge on any atom is 0.256 e. The van der Waals surface area contributed by atoms with Crippen molar-refractivity contribution in [1.29, 1.82) is 5.26 Å². The molecule has 0 radical (unpaired) electrons. The lowest BCUT2D eigenvalue weighted by atomic mass is 10.1. The van der Waals surface area contributed by atoms with Crippen LogP contribution < -0.4 is 10.1 Å². The third kappa shape index (κ3) is 3.33. The lowest BCUT2D eigenvalue weighted by Gasteiger charge is -2.12. The Morgan fingerprint density at radius 3 is 2.77 bits per heavy atom. The molecule has 2 aromatic carbocycles. The Labute approximate surface area is 171 Å². The largest absolute Gasteiger partial charge is 0.494 e. The number of carbonyl (C=O) groups excluding carboxylic acids is 1. The van der Waals surface area contributed by atoms with Gasteiger partial charge in [0.15, 0.2) is 11.6 Å². The number of nitrogens with one attached hydrogen (secondary N) is 1. The molecule has 0 fully saturated rings. The third-order valence-corrected chi connectivity index (χ3v) is 4.64. The van der Waals surface area contributed by atoms with Crippen LogP contribution in [0.25, 0.3) is 16.7 Å². The van der Waals surface area contributed by atoms with Gasteiger partial charge in [-0.2, -0.15) is 15.0 Å². The summed E-state index contributed by atoms with van der Waals surface area (Å²) in [5.41, 5.74) is 1.83. The summed E-state index contributed by atoms with van der Waals surface area (Å²) in [4.78, 5) is 17.3. The van der Waals surface area contributed by atoms with Crippen LogP contribution in [0.3, 0.4) is 0 Å². The lowest BCUT2D eigenvalue weighted by Crippen LogP contribution is -2.16. The first-order chi connectivity index (χ1) is 14.5. The molecular weight excluding hydrogens is 385 g/mol. The van der Waals surface area contributed by atoms with Gasteiger partial charge in [0.2, 0.25) is 0 Å². The van der Waals surface area contributed by atoms with Crippen molar-refractivity contribution < 1.29 is 13.9 Å². The summed E-state index contributed by atoms with van der Waals surface area (Å²) in [5.74, 6) is 0.0438. The normalized spacial score (nSPS) is 10.6. The summed E-state index contributed by atoms with van der Waals surface area (Å²) in [7, 11) is 1.56. The van der Waals surface area contributed by atoms with Crippen LogP contribution in [0.1, 0.15) is 21.5 Å². The molecule has 0 bridgehead atoms. The Bertz CT molecular complexity index is 1320. The first kappa shape index (κ1) is 19.1. The van der Waals surface area contributed by atoms with E-state index in [-0.39, 0.29) is 16.9 Å². The molecule has 4 aromatic rings. The molecule has 8 heteroatoms. The number of pyridine rings is 1. The zero-order chi connectivity index (χ0) is 21.3. The lowest BCUT2D eigenvalue weighted by molar-refractivity contribution is 0.102. The number of fused-ring (bicyclic) bond motifs is 1. The molecule has 0 aliphatic carbocycles. The number of benzene rings is 2. The second-order valence-electron chi connectivity index (χ2n) is 6.55. The molecule has 0 aliphatic rings. The van der Waals surface area contributed by atoms with E-state index in [1.54, 1.807) is 19.2 Å². The predicted octanol–water partition coefficient (Wildman–Crippen LogP) is 4.00. The number of halogens is 1. The predicted molar refractivity (Wildman–Crippen MR) is 109 cm³/mol. The summed E-state index contributed by atoms with van der Waals surface area (Å²) < 4.78 is 20.3. The molecule has 0 atom stereocenters. The molecule has 1 amide bonds. The Kier molecular flexibility index (Phi) is 4.86. The Morgan fingerprint density at radius 1 is 1.23 bits per heavy atom. The van der Waals surface area contributed by atoms with E-state index in [2.05, 4.69) is 15.4 Å². The average molecular weight is 401 g/mol. The summed E-state index contributed by atoms with van der Waals surface area (Å²) in [6.45, 7) is 1.92. The van der Waals surface area contributed by atoms with Gasteiger partial charge in [-0.05, 0) is 42.8 Å². The summed E-state index contributed by atoms with van der Waals surface area (Å²) in [6.07, 6.45) is 1.34. The zero-order valence-electron chi connectivity index (χ0n) is 16.2. The fourth-order valence-corrected chi connectivity index (χ4v) is 3.18. The van der Waals surface area contributed by atoms with Gasteiger partial charge in [0.1, 0.15) is 28.7 Å². The second-order valence-corrected chi connectivity index (χ2v) is 6.55. The molecule has 0 spiro atoms. The van der Waals surface area contributed by atoms with Crippen molar-refractivity contribution in [1.82, 2.24) is 14.8 Å². The van der Waals surface area contributed by atoms with Gasteiger partial charge in [-0.1, -0.05) is 18.2 Å². The third-order valence-electron chi connectivity index (χ3n) is 4.64. The van der Waals surface area contributed by atoms with Crippen LogP contribution in [-0.2, 0) is 0 Å². The molecule has 2 aromatic heterocycles. The number of carbonyl (C=O) groups is 1. The summed E-state index contributed by atoms with van der Waals surface area (Å²) in [5, 5.41) is 17.2. The van der Waals surface area contributed by atoms with Crippen molar-refractivity contribution in [2.75, 3.05) is 12.4 Å². The zero-order valence-corrected chi connectivity index (χ0v) is 16.2. The van der Waals surface area contributed by atoms with Crippen LogP contribution in [0, 0.1) is 24.1 Å². The molecule has 148 valence electrons. The van der Waals surface area contributed by atoms with E-state index in [4.69, 9.17) is 4.74 Å². The number of aromatic nitrogens is 3. The number of aryl methyl sites for hydroxylation is 1. The average Bonchev–Trinajstić information content (AvgIpc) is 3.15. The molecule has 0 aliphatic heterocycles. The number of nitriles is 1. The van der Waals surface area contributed by atoms with Gasteiger partial charge >= 0.3 is 0 Å². The van der Waals surface area contributed by atoms with Crippen molar-refractivity contribution in [3.05, 3.63) is 77.2 Å². The number of ether oxygens (including phenoxy) is 1. The number of nitrogens with zero attached hydrogens (tertiary/aromatic N) is 4. The molecule has 0 saturated heterocycles. The molecule has 30 heavy (non-hydrogen) atoms.